The molecule has 0 bridgehead atoms. The van der Waals surface area contributed by atoms with E-state index in [1.54, 1.807) is 25.9 Å². The van der Waals surface area contributed by atoms with Gasteiger partial charge < -0.3 is 4.90 Å². The third-order valence-corrected chi connectivity index (χ3v) is 3.53. The Kier molecular flexibility index (Phi) is 5.10. The number of hydrogen-bond acceptors (Lipinski definition) is 4. The van der Waals surface area contributed by atoms with Gasteiger partial charge in [0.05, 0.1) is 11.3 Å². The number of allylic oxidation sites excluding steroid dienone is 2. The molecule has 8 heteroatoms. The van der Waals surface area contributed by atoms with E-state index in [0.29, 0.717) is 5.70 Å². The van der Waals surface area contributed by atoms with Gasteiger partial charge in [0.15, 0.2) is 5.69 Å². The van der Waals surface area contributed by atoms with Crippen molar-refractivity contribution in [1.82, 2.24) is 14.7 Å². The van der Waals surface area contributed by atoms with Crippen molar-refractivity contribution < 1.29 is 18.0 Å². The van der Waals surface area contributed by atoms with Crippen molar-refractivity contribution in [3.8, 4) is 5.69 Å². The molecule has 0 saturated heterocycles. The maximum absolute atomic E-state index is 12.8. The lowest BCUT2D eigenvalue weighted by Crippen LogP contribution is -2.21. The first-order valence-corrected chi connectivity index (χ1v) is 7.27. The average molecular weight is 351 g/mol. The number of benzene rings is 1. The van der Waals surface area contributed by atoms with Crippen LogP contribution in [-0.4, -0.2) is 34.6 Å². The summed E-state index contributed by atoms with van der Waals surface area (Å²) in [6, 6.07) is 5.56. The standard InChI is InChI=1S/C17H16F3N3O2/c1-11(22(2)3)9-15(25)16-14(24)7-8-23(21-16)13-6-4-5-12(10-13)17(18,19)20/h4-10H,1-3H3. The monoisotopic (exact) mass is 351 g/mol. The molecule has 0 spiro atoms. The highest BCUT2D eigenvalue weighted by molar-refractivity contribution is 6.03. The Balaban J connectivity index is 2.48. The minimum atomic E-state index is -4.50. The summed E-state index contributed by atoms with van der Waals surface area (Å²) in [5.74, 6) is -0.613. The Bertz CT molecular complexity index is 883. The smallest absolute Gasteiger partial charge is 0.381 e. The molecule has 1 aromatic carbocycles. The van der Waals surface area contributed by atoms with Crippen molar-refractivity contribution >= 4 is 5.78 Å². The normalized spacial score (nSPS) is 12.2. The average Bonchev–Trinajstić information content (AvgIpc) is 2.54. The van der Waals surface area contributed by atoms with Crippen LogP contribution in [0.3, 0.4) is 0 Å². The van der Waals surface area contributed by atoms with Crippen LogP contribution in [0.25, 0.3) is 5.69 Å². The lowest BCUT2D eigenvalue weighted by molar-refractivity contribution is -0.137. The fourth-order valence-electron chi connectivity index (χ4n) is 1.93. The highest BCUT2D eigenvalue weighted by atomic mass is 19.4. The number of hydrogen-bond donors (Lipinski definition) is 0. The van der Waals surface area contributed by atoms with Crippen molar-refractivity contribution in [2.45, 2.75) is 13.1 Å². The molecule has 0 N–H and O–H groups in total. The number of aromatic nitrogens is 2. The lowest BCUT2D eigenvalue weighted by atomic mass is 10.2. The Morgan fingerprint density at radius 2 is 1.92 bits per heavy atom. The van der Waals surface area contributed by atoms with Crippen LogP contribution in [0.15, 0.2) is 53.1 Å². The van der Waals surface area contributed by atoms with Crippen LogP contribution >= 0.6 is 0 Å². The summed E-state index contributed by atoms with van der Waals surface area (Å²) in [4.78, 5) is 25.8. The fraction of sp³-hybridized carbons (Fsp3) is 0.235. The second-order valence-corrected chi connectivity index (χ2v) is 5.57. The number of ketones is 1. The van der Waals surface area contributed by atoms with E-state index >= 15 is 0 Å². The molecular formula is C17H16F3N3O2. The molecule has 0 saturated carbocycles. The van der Waals surface area contributed by atoms with E-state index in [4.69, 9.17) is 0 Å². The summed E-state index contributed by atoms with van der Waals surface area (Å²) in [7, 11) is 3.47. The van der Waals surface area contributed by atoms with Gasteiger partial charge in [0, 0.05) is 38.1 Å². The van der Waals surface area contributed by atoms with Gasteiger partial charge >= 0.3 is 6.18 Å². The maximum Gasteiger partial charge on any atom is 0.416 e. The number of carbonyl (C=O) groups is 1. The highest BCUT2D eigenvalue weighted by Gasteiger charge is 2.30. The van der Waals surface area contributed by atoms with E-state index in [0.717, 1.165) is 22.9 Å². The summed E-state index contributed by atoms with van der Waals surface area (Å²) in [5.41, 5.74) is -1.10. The molecule has 1 aromatic heterocycles. The first-order valence-electron chi connectivity index (χ1n) is 7.27. The molecule has 5 nitrogen and oxygen atoms in total. The molecule has 1 heterocycles. The van der Waals surface area contributed by atoms with E-state index in [-0.39, 0.29) is 11.4 Å². The second kappa shape index (κ2) is 6.92. The molecule has 25 heavy (non-hydrogen) atoms. The Hall–Kier alpha value is -2.90. The third-order valence-electron chi connectivity index (χ3n) is 3.53. The minimum Gasteiger partial charge on any atom is -0.381 e. The third kappa shape index (κ3) is 4.34. The molecule has 0 aliphatic carbocycles. The predicted octanol–water partition coefficient (Wildman–Crippen LogP) is 2.90. The fourth-order valence-corrected chi connectivity index (χ4v) is 1.93. The van der Waals surface area contributed by atoms with Crippen molar-refractivity contribution in [2.24, 2.45) is 0 Å². The van der Waals surface area contributed by atoms with Gasteiger partial charge in [-0.05, 0) is 25.1 Å². The number of carbonyl (C=O) groups excluding carboxylic acids is 1. The largest absolute Gasteiger partial charge is 0.416 e. The van der Waals surface area contributed by atoms with Crippen molar-refractivity contribution in [3.05, 3.63) is 69.8 Å². The summed E-state index contributed by atoms with van der Waals surface area (Å²) in [6.07, 6.45) is -2.03. The molecule has 0 atom stereocenters. The van der Waals surface area contributed by atoms with Crippen LogP contribution in [0.4, 0.5) is 13.2 Å². The van der Waals surface area contributed by atoms with Crippen LogP contribution in [0.1, 0.15) is 23.0 Å². The van der Waals surface area contributed by atoms with E-state index in [2.05, 4.69) is 5.10 Å². The lowest BCUT2D eigenvalue weighted by Gasteiger charge is -2.12. The molecule has 2 aromatic rings. The van der Waals surface area contributed by atoms with Crippen LogP contribution in [0.2, 0.25) is 0 Å². The minimum absolute atomic E-state index is 0.0946. The number of alkyl halides is 3. The van der Waals surface area contributed by atoms with E-state index in [1.165, 1.54) is 24.4 Å². The number of nitrogens with zero attached hydrogens (tertiary/aromatic N) is 3. The van der Waals surface area contributed by atoms with Gasteiger partial charge in [0.25, 0.3) is 0 Å². The zero-order valence-corrected chi connectivity index (χ0v) is 13.8. The van der Waals surface area contributed by atoms with Gasteiger partial charge in [-0.1, -0.05) is 6.07 Å². The second-order valence-electron chi connectivity index (χ2n) is 5.57. The zero-order valence-electron chi connectivity index (χ0n) is 13.8. The van der Waals surface area contributed by atoms with Gasteiger partial charge in [-0.3, -0.25) is 9.59 Å². The first kappa shape index (κ1) is 18.4. The van der Waals surface area contributed by atoms with Crippen LogP contribution in [0.5, 0.6) is 0 Å². The van der Waals surface area contributed by atoms with E-state index in [1.807, 2.05) is 0 Å². The molecule has 0 amide bonds. The van der Waals surface area contributed by atoms with Crippen molar-refractivity contribution in [1.29, 1.82) is 0 Å². The Morgan fingerprint density at radius 3 is 2.52 bits per heavy atom. The van der Waals surface area contributed by atoms with Crippen LogP contribution in [-0.2, 0) is 6.18 Å². The predicted molar refractivity (Wildman–Crippen MR) is 86.6 cm³/mol. The molecule has 0 radical (unpaired) electrons. The van der Waals surface area contributed by atoms with Gasteiger partial charge in [-0.15, -0.1) is 0 Å². The molecule has 132 valence electrons. The molecule has 0 unspecified atom stereocenters. The van der Waals surface area contributed by atoms with Gasteiger partial charge in [0.2, 0.25) is 11.2 Å². The summed E-state index contributed by atoms with van der Waals surface area (Å²) >= 11 is 0. The number of halogens is 3. The molecule has 0 aliphatic heterocycles. The molecular weight excluding hydrogens is 335 g/mol. The summed E-state index contributed by atoms with van der Waals surface area (Å²) in [5, 5.41) is 3.90. The van der Waals surface area contributed by atoms with Crippen molar-refractivity contribution in [2.75, 3.05) is 14.1 Å². The van der Waals surface area contributed by atoms with Gasteiger partial charge in [0.1, 0.15) is 0 Å². The zero-order chi connectivity index (χ0) is 18.8. The topological polar surface area (TPSA) is 55.2 Å². The summed E-state index contributed by atoms with van der Waals surface area (Å²) < 4.78 is 39.6. The van der Waals surface area contributed by atoms with Gasteiger partial charge in [-0.2, -0.15) is 18.3 Å². The van der Waals surface area contributed by atoms with E-state index < -0.39 is 23.0 Å². The van der Waals surface area contributed by atoms with E-state index in [9.17, 15) is 22.8 Å². The van der Waals surface area contributed by atoms with Crippen LogP contribution < -0.4 is 5.43 Å². The molecule has 2 rings (SSSR count). The van der Waals surface area contributed by atoms with Crippen LogP contribution in [0, 0.1) is 0 Å². The molecule has 0 aliphatic rings. The Labute approximate surface area is 142 Å². The highest BCUT2D eigenvalue weighted by Crippen LogP contribution is 2.30. The Morgan fingerprint density at radius 1 is 1.24 bits per heavy atom. The maximum atomic E-state index is 12.8. The summed E-state index contributed by atoms with van der Waals surface area (Å²) in [6.45, 7) is 1.69. The van der Waals surface area contributed by atoms with Crippen molar-refractivity contribution in [3.63, 3.8) is 0 Å². The SMILES string of the molecule is CC(=CC(=O)c1nn(-c2cccc(C(F)(F)F)c2)ccc1=O)N(C)C. The van der Waals surface area contributed by atoms with Gasteiger partial charge in [-0.25, -0.2) is 4.68 Å². The number of rotatable bonds is 4. The first-order chi connectivity index (χ1) is 11.6. The quantitative estimate of drug-likeness (QED) is 0.628. The molecule has 0 fully saturated rings.